The number of nitrogens with zero attached hydrogens (tertiary/aromatic N) is 3. The summed E-state index contributed by atoms with van der Waals surface area (Å²) in [5, 5.41) is 21.8. The van der Waals surface area contributed by atoms with Crippen molar-refractivity contribution >= 4 is 6.03 Å². The largest absolute Gasteiger partial charge is 0.389 e. The molecule has 0 radical (unpaired) electrons. The molecule has 188 valence electrons. The van der Waals surface area contributed by atoms with Gasteiger partial charge in [-0.15, -0.1) is 0 Å². The van der Waals surface area contributed by atoms with E-state index < -0.39 is 17.2 Å². The monoisotopic (exact) mass is 484 g/mol. The van der Waals surface area contributed by atoms with Crippen molar-refractivity contribution in [1.29, 1.82) is 0 Å². The molecule has 35 heavy (non-hydrogen) atoms. The van der Waals surface area contributed by atoms with Crippen molar-refractivity contribution in [3.63, 3.8) is 0 Å². The number of carbonyl (C=O) groups is 1. The summed E-state index contributed by atoms with van der Waals surface area (Å²) in [5.41, 5.74) is 0.730. The van der Waals surface area contributed by atoms with Crippen molar-refractivity contribution in [2.24, 2.45) is 11.3 Å². The van der Waals surface area contributed by atoms with E-state index in [0.717, 1.165) is 36.9 Å². The van der Waals surface area contributed by atoms with Crippen molar-refractivity contribution < 1.29 is 18.7 Å². The second-order valence-electron chi connectivity index (χ2n) is 11.7. The highest BCUT2D eigenvalue weighted by Crippen LogP contribution is 2.70. The summed E-state index contributed by atoms with van der Waals surface area (Å²) >= 11 is 0. The normalized spacial score (nSPS) is 27.1. The number of hydrogen-bond acceptors (Lipinski definition) is 4. The molecule has 0 spiro atoms. The minimum Gasteiger partial charge on any atom is -0.389 e. The highest BCUT2D eigenvalue weighted by Gasteiger charge is 2.66. The molecule has 3 atom stereocenters. The predicted molar refractivity (Wildman–Crippen MR) is 129 cm³/mol. The Morgan fingerprint density at radius 2 is 1.94 bits per heavy atom. The van der Waals surface area contributed by atoms with Crippen molar-refractivity contribution in [2.45, 2.75) is 70.3 Å². The Bertz CT molecular complexity index is 1140. The number of aromatic nitrogens is 2. The number of aliphatic hydroxyl groups is 1. The SMILES string of the molecule is CC(C)(O)CNC(=O)N1CCCC(C23CCC(c4cc(-c5c(F)cccc5F)nnc42)C3(C)C)C1. The third kappa shape index (κ3) is 3.72. The lowest BCUT2D eigenvalue weighted by molar-refractivity contribution is 0.0605. The van der Waals surface area contributed by atoms with Gasteiger partial charge in [0.2, 0.25) is 0 Å². The van der Waals surface area contributed by atoms with E-state index in [0.29, 0.717) is 13.1 Å². The topological polar surface area (TPSA) is 78.4 Å². The maximum absolute atomic E-state index is 14.5. The molecular formula is C27H34F2N4O2. The summed E-state index contributed by atoms with van der Waals surface area (Å²) in [6.45, 7) is 9.35. The van der Waals surface area contributed by atoms with Crippen LogP contribution in [0.1, 0.15) is 70.6 Å². The third-order valence-electron chi connectivity index (χ3n) is 8.77. The van der Waals surface area contributed by atoms with Gasteiger partial charge in [0.25, 0.3) is 0 Å². The first-order chi connectivity index (χ1) is 16.5. The number of halogens is 2. The van der Waals surface area contributed by atoms with E-state index in [1.807, 2.05) is 11.0 Å². The van der Waals surface area contributed by atoms with Gasteiger partial charge >= 0.3 is 6.03 Å². The Hall–Kier alpha value is -2.61. The molecule has 2 bridgehead atoms. The van der Waals surface area contributed by atoms with Gasteiger partial charge in [0, 0.05) is 25.0 Å². The first kappa shape index (κ1) is 24.1. The molecule has 2 N–H and O–H groups in total. The van der Waals surface area contributed by atoms with Gasteiger partial charge in [0.1, 0.15) is 11.6 Å². The minimum absolute atomic E-state index is 0.117. The van der Waals surface area contributed by atoms with Gasteiger partial charge in [0.05, 0.1) is 22.6 Å². The van der Waals surface area contributed by atoms with Gasteiger partial charge in [-0.3, -0.25) is 0 Å². The predicted octanol–water partition coefficient (Wildman–Crippen LogP) is 4.77. The highest BCUT2D eigenvalue weighted by atomic mass is 19.1. The van der Waals surface area contributed by atoms with E-state index in [4.69, 9.17) is 0 Å². The first-order valence-corrected chi connectivity index (χ1v) is 12.5. The Morgan fingerprint density at radius 3 is 2.63 bits per heavy atom. The molecule has 2 aromatic rings. The van der Waals surface area contributed by atoms with Crippen LogP contribution in [-0.4, -0.2) is 51.5 Å². The lowest BCUT2D eigenvalue weighted by Gasteiger charge is -2.48. The van der Waals surface area contributed by atoms with E-state index >= 15 is 0 Å². The Kier molecular flexibility index (Phi) is 5.66. The van der Waals surface area contributed by atoms with Crippen LogP contribution in [0, 0.1) is 23.0 Å². The third-order valence-corrected chi connectivity index (χ3v) is 8.77. The second-order valence-corrected chi connectivity index (χ2v) is 11.7. The Morgan fingerprint density at radius 1 is 1.23 bits per heavy atom. The van der Waals surface area contributed by atoms with Crippen LogP contribution in [-0.2, 0) is 5.41 Å². The summed E-state index contributed by atoms with van der Waals surface area (Å²) in [6.07, 6.45) is 3.82. The number of piperidine rings is 1. The van der Waals surface area contributed by atoms with Crippen LogP contribution in [0.15, 0.2) is 24.3 Å². The molecule has 2 amide bonds. The summed E-state index contributed by atoms with van der Waals surface area (Å²) in [7, 11) is 0. The number of benzene rings is 1. The lowest BCUT2D eigenvalue weighted by Crippen LogP contribution is -2.54. The average Bonchev–Trinajstić information content (AvgIpc) is 3.18. The molecule has 1 saturated carbocycles. The van der Waals surface area contributed by atoms with Crippen molar-refractivity contribution in [2.75, 3.05) is 19.6 Å². The molecule has 1 aromatic heterocycles. The van der Waals surface area contributed by atoms with Gasteiger partial charge < -0.3 is 15.3 Å². The summed E-state index contributed by atoms with van der Waals surface area (Å²) in [6, 6.07) is 5.51. The second kappa shape index (κ2) is 8.22. The Labute approximate surface area is 205 Å². The fourth-order valence-corrected chi connectivity index (χ4v) is 7.11. The Balaban J connectivity index is 1.48. The van der Waals surface area contributed by atoms with E-state index in [-0.39, 0.29) is 46.5 Å². The number of rotatable bonds is 4. The molecule has 3 aliphatic rings. The van der Waals surface area contributed by atoms with Gasteiger partial charge in [0.15, 0.2) is 0 Å². The number of nitrogens with one attached hydrogen (secondary N) is 1. The molecule has 6 nitrogen and oxygen atoms in total. The molecule has 3 unspecified atom stereocenters. The quantitative estimate of drug-likeness (QED) is 0.655. The number of likely N-dealkylation sites (tertiary alicyclic amines) is 1. The van der Waals surface area contributed by atoms with Gasteiger partial charge in [-0.05, 0) is 80.5 Å². The number of amides is 2. The number of fused-ring (bicyclic) bond motifs is 5. The van der Waals surface area contributed by atoms with E-state index in [2.05, 4.69) is 29.4 Å². The van der Waals surface area contributed by atoms with Crippen LogP contribution in [0.25, 0.3) is 11.3 Å². The van der Waals surface area contributed by atoms with Crippen LogP contribution in [0.4, 0.5) is 13.6 Å². The molecular weight excluding hydrogens is 450 g/mol. The first-order valence-electron chi connectivity index (χ1n) is 12.5. The maximum atomic E-state index is 14.5. The molecule has 2 aliphatic carbocycles. The van der Waals surface area contributed by atoms with Gasteiger partial charge in [-0.2, -0.15) is 10.2 Å². The van der Waals surface area contributed by atoms with Crippen molar-refractivity contribution in [1.82, 2.24) is 20.4 Å². The zero-order chi connectivity index (χ0) is 25.2. The summed E-state index contributed by atoms with van der Waals surface area (Å²) < 4.78 is 29.0. The van der Waals surface area contributed by atoms with Crippen LogP contribution in [0.2, 0.25) is 0 Å². The smallest absolute Gasteiger partial charge is 0.317 e. The molecule has 1 aliphatic heterocycles. The van der Waals surface area contributed by atoms with Crippen LogP contribution >= 0.6 is 0 Å². The van der Waals surface area contributed by atoms with Crippen molar-refractivity contribution in [3.05, 3.63) is 47.2 Å². The zero-order valence-electron chi connectivity index (χ0n) is 20.9. The van der Waals surface area contributed by atoms with Gasteiger partial charge in [-0.1, -0.05) is 19.9 Å². The summed E-state index contributed by atoms with van der Waals surface area (Å²) in [4.78, 5) is 14.7. The number of hydrogen-bond donors (Lipinski definition) is 2. The molecule has 1 aromatic carbocycles. The fraction of sp³-hybridized carbons (Fsp3) is 0.593. The maximum Gasteiger partial charge on any atom is 0.317 e. The number of urea groups is 1. The fourth-order valence-electron chi connectivity index (χ4n) is 7.11. The molecule has 1 saturated heterocycles. The van der Waals surface area contributed by atoms with E-state index in [1.165, 1.54) is 18.2 Å². The minimum atomic E-state index is -0.973. The zero-order valence-corrected chi connectivity index (χ0v) is 20.9. The van der Waals surface area contributed by atoms with Crippen LogP contribution in [0.3, 0.4) is 0 Å². The van der Waals surface area contributed by atoms with E-state index in [1.54, 1.807) is 13.8 Å². The van der Waals surface area contributed by atoms with Crippen molar-refractivity contribution in [3.8, 4) is 11.3 Å². The standard InChI is InChI=1S/C27H34F2N4O2/c1-25(2,35)15-30-24(34)33-12-6-7-16(14-33)27-11-10-18(26(27,3)4)17-13-21(31-32-23(17)27)22-19(28)8-5-9-20(22)29/h5,8-9,13,16,18,35H,6-7,10-12,14-15H2,1-4H3,(H,30,34). The molecule has 8 heteroatoms. The van der Waals surface area contributed by atoms with E-state index in [9.17, 15) is 18.7 Å². The molecule has 2 heterocycles. The molecule has 2 fully saturated rings. The lowest BCUT2D eigenvalue weighted by atomic mass is 9.59. The average molecular weight is 485 g/mol. The van der Waals surface area contributed by atoms with Crippen LogP contribution in [0.5, 0.6) is 0 Å². The number of carbonyl (C=O) groups excluding carboxylic acids is 1. The summed E-state index contributed by atoms with van der Waals surface area (Å²) in [5.74, 6) is -0.857. The molecule has 5 rings (SSSR count). The van der Waals surface area contributed by atoms with Gasteiger partial charge in [-0.25, -0.2) is 13.6 Å². The van der Waals surface area contributed by atoms with Crippen LogP contribution < -0.4 is 5.32 Å². The highest BCUT2D eigenvalue weighted by molar-refractivity contribution is 5.74.